The van der Waals surface area contributed by atoms with E-state index in [2.05, 4.69) is 33.2 Å². The van der Waals surface area contributed by atoms with Crippen molar-refractivity contribution < 1.29 is 33.1 Å². The lowest BCUT2D eigenvalue weighted by molar-refractivity contribution is -0.858. The number of aryl methyl sites for hydroxylation is 1. The topological polar surface area (TPSA) is 78.7 Å². The molecule has 0 bridgehead atoms. The van der Waals surface area contributed by atoms with Crippen molar-refractivity contribution in [2.24, 2.45) is 0 Å². The molecule has 0 spiro atoms. The maximum absolute atomic E-state index is 11.5. The number of carbonyl (C=O) groups excluding carboxylic acids is 1. The molecule has 0 saturated carbocycles. The molecule has 0 aliphatic rings. The first-order chi connectivity index (χ1) is 18.4. The number of carbonyl (C=O) groups is 1. The van der Waals surface area contributed by atoms with Crippen molar-refractivity contribution in [1.82, 2.24) is 0 Å². The van der Waals surface area contributed by atoms with Gasteiger partial charge in [-0.15, -0.1) is 0 Å². The van der Waals surface area contributed by atoms with Gasteiger partial charge in [0.1, 0.15) is 12.4 Å². The van der Waals surface area contributed by atoms with Gasteiger partial charge in [-0.3, -0.25) is 4.79 Å². The van der Waals surface area contributed by atoms with E-state index in [0.717, 1.165) is 25.1 Å². The SMILES string of the molecule is CCCCCCCCCCCCCCc1cccc(OCC(COP(O)OCCC[NH+](C)C)OC(C)=O)c1. The third-order valence-corrected chi connectivity index (χ3v) is 7.15. The lowest BCUT2D eigenvalue weighted by Gasteiger charge is -2.19. The molecule has 2 atom stereocenters. The van der Waals surface area contributed by atoms with Gasteiger partial charge in [0.15, 0.2) is 6.10 Å². The zero-order chi connectivity index (χ0) is 27.8. The molecule has 0 aliphatic heterocycles. The molecule has 1 rings (SSSR count). The summed E-state index contributed by atoms with van der Waals surface area (Å²) in [4.78, 5) is 22.8. The molecule has 220 valence electrons. The monoisotopic (exact) mass is 556 g/mol. The Morgan fingerprint density at radius 1 is 0.895 bits per heavy atom. The number of benzene rings is 1. The van der Waals surface area contributed by atoms with Gasteiger partial charge in [0, 0.05) is 13.3 Å². The number of unbranched alkanes of at least 4 members (excludes halogenated alkanes) is 11. The molecule has 0 radical (unpaired) electrons. The van der Waals surface area contributed by atoms with E-state index in [0.29, 0.717) is 6.61 Å². The third kappa shape index (κ3) is 20.7. The Hall–Kier alpha value is -1.24. The molecule has 0 aromatic heterocycles. The van der Waals surface area contributed by atoms with Crippen LogP contribution in [-0.2, 0) is 25.0 Å². The first-order valence-corrected chi connectivity index (χ1v) is 16.0. The smallest absolute Gasteiger partial charge is 0.329 e. The van der Waals surface area contributed by atoms with E-state index in [1.165, 1.54) is 94.4 Å². The molecule has 2 N–H and O–H groups in total. The van der Waals surface area contributed by atoms with Crippen LogP contribution in [0.2, 0.25) is 0 Å². The van der Waals surface area contributed by atoms with Gasteiger partial charge in [-0.25, -0.2) is 0 Å². The van der Waals surface area contributed by atoms with Crippen molar-refractivity contribution in [2.45, 2.75) is 110 Å². The first kappa shape index (κ1) is 34.8. The number of esters is 1. The van der Waals surface area contributed by atoms with Crippen LogP contribution in [0.5, 0.6) is 5.75 Å². The Kier molecular flexibility index (Phi) is 21.6. The Morgan fingerprint density at radius 3 is 2.13 bits per heavy atom. The van der Waals surface area contributed by atoms with Crippen molar-refractivity contribution in [3.63, 3.8) is 0 Å². The van der Waals surface area contributed by atoms with Crippen LogP contribution in [0.3, 0.4) is 0 Å². The number of hydrogen-bond donors (Lipinski definition) is 2. The zero-order valence-corrected chi connectivity index (χ0v) is 25.4. The molecule has 1 aromatic carbocycles. The minimum Gasteiger partial charge on any atom is -0.490 e. The van der Waals surface area contributed by atoms with Crippen LogP contribution < -0.4 is 9.64 Å². The van der Waals surface area contributed by atoms with E-state index in [-0.39, 0.29) is 13.2 Å². The summed E-state index contributed by atoms with van der Waals surface area (Å²) in [6, 6.07) is 8.09. The van der Waals surface area contributed by atoms with Gasteiger partial charge in [0.05, 0.1) is 33.9 Å². The Morgan fingerprint density at radius 2 is 1.53 bits per heavy atom. The van der Waals surface area contributed by atoms with Gasteiger partial charge >= 0.3 is 14.6 Å². The molecule has 2 unspecified atom stereocenters. The van der Waals surface area contributed by atoms with Crippen molar-refractivity contribution in [1.29, 1.82) is 0 Å². The van der Waals surface area contributed by atoms with Gasteiger partial charge in [0.2, 0.25) is 0 Å². The summed E-state index contributed by atoms with van der Waals surface area (Å²) in [5.74, 6) is 0.326. The van der Waals surface area contributed by atoms with Crippen LogP contribution in [0.1, 0.15) is 103 Å². The lowest BCUT2D eigenvalue weighted by atomic mass is 10.0. The lowest BCUT2D eigenvalue weighted by Crippen LogP contribution is -3.05. The van der Waals surface area contributed by atoms with E-state index in [1.54, 1.807) is 0 Å². The molecule has 38 heavy (non-hydrogen) atoms. The summed E-state index contributed by atoms with van der Waals surface area (Å²) in [6.45, 7) is 5.16. The second kappa shape index (κ2) is 23.6. The standard InChI is InChI=1S/C30H54NO6P/c1-5-6-7-8-9-10-11-12-13-14-15-16-19-28-20-17-21-29(24-28)34-25-30(37-27(2)32)26-36-38(33)35-23-18-22-31(3)4/h17,20-21,24,30,33H,5-16,18-19,22-23,25-26H2,1-4H3/p+1. The Labute approximate surface area is 233 Å². The molecular weight excluding hydrogens is 501 g/mol. The van der Waals surface area contributed by atoms with Gasteiger partial charge in [-0.1, -0.05) is 89.7 Å². The summed E-state index contributed by atoms with van der Waals surface area (Å²) >= 11 is 0. The average molecular weight is 557 g/mol. The summed E-state index contributed by atoms with van der Waals surface area (Å²) in [5.41, 5.74) is 1.25. The van der Waals surface area contributed by atoms with Crippen LogP contribution in [0.15, 0.2) is 24.3 Å². The number of hydrogen-bond acceptors (Lipinski definition) is 6. The second-order valence-corrected chi connectivity index (χ2v) is 11.5. The number of nitrogens with one attached hydrogen (secondary N) is 1. The van der Waals surface area contributed by atoms with Crippen molar-refractivity contribution >= 4 is 14.6 Å². The third-order valence-electron chi connectivity index (χ3n) is 6.38. The highest BCUT2D eigenvalue weighted by molar-refractivity contribution is 7.40. The Balaban J connectivity index is 2.24. The molecule has 0 heterocycles. The quantitative estimate of drug-likeness (QED) is 0.0870. The highest BCUT2D eigenvalue weighted by Crippen LogP contribution is 2.33. The minimum absolute atomic E-state index is 0.0132. The summed E-state index contributed by atoms with van der Waals surface area (Å²) in [5, 5.41) is 0. The maximum atomic E-state index is 11.5. The van der Waals surface area contributed by atoms with Gasteiger partial charge in [-0.2, -0.15) is 0 Å². The molecule has 0 amide bonds. The van der Waals surface area contributed by atoms with Gasteiger partial charge in [-0.05, 0) is 30.5 Å². The van der Waals surface area contributed by atoms with Crippen molar-refractivity contribution in [2.75, 3.05) is 40.5 Å². The van der Waals surface area contributed by atoms with Crippen molar-refractivity contribution in [3.05, 3.63) is 29.8 Å². The first-order valence-electron chi connectivity index (χ1n) is 14.8. The summed E-state index contributed by atoms with van der Waals surface area (Å²) < 4.78 is 21.9. The van der Waals surface area contributed by atoms with E-state index >= 15 is 0 Å². The fourth-order valence-corrected chi connectivity index (χ4v) is 4.91. The molecule has 0 saturated heterocycles. The van der Waals surface area contributed by atoms with Crippen LogP contribution in [0.25, 0.3) is 0 Å². The fraction of sp³-hybridized carbons (Fsp3) is 0.767. The fourth-order valence-electron chi connectivity index (χ4n) is 4.25. The highest BCUT2D eigenvalue weighted by atomic mass is 31.2. The predicted octanol–water partition coefficient (Wildman–Crippen LogP) is 6.03. The molecule has 8 heteroatoms. The van der Waals surface area contributed by atoms with E-state index in [1.807, 2.05) is 12.1 Å². The van der Waals surface area contributed by atoms with Crippen LogP contribution in [-0.4, -0.2) is 57.4 Å². The molecular formula is C30H55NO6P+. The number of rotatable bonds is 25. The van der Waals surface area contributed by atoms with Crippen LogP contribution in [0, 0.1) is 0 Å². The summed E-state index contributed by atoms with van der Waals surface area (Å²) in [7, 11) is 2.12. The normalized spacial score (nSPS) is 13.0. The molecule has 0 aliphatic carbocycles. The maximum Gasteiger partial charge on any atom is 0.329 e. The van der Waals surface area contributed by atoms with Gasteiger partial charge < -0.3 is 28.3 Å². The van der Waals surface area contributed by atoms with Gasteiger partial charge in [0.25, 0.3) is 0 Å². The van der Waals surface area contributed by atoms with E-state index in [9.17, 15) is 9.69 Å². The van der Waals surface area contributed by atoms with E-state index in [4.69, 9.17) is 18.5 Å². The molecule has 0 fully saturated rings. The largest absolute Gasteiger partial charge is 0.490 e. The molecule has 1 aromatic rings. The Bertz CT molecular complexity index is 705. The average Bonchev–Trinajstić information content (AvgIpc) is 2.88. The number of quaternary nitrogens is 1. The summed E-state index contributed by atoms with van der Waals surface area (Å²) in [6.07, 6.45) is 17.4. The highest BCUT2D eigenvalue weighted by Gasteiger charge is 2.18. The minimum atomic E-state index is -2.01. The zero-order valence-electron chi connectivity index (χ0n) is 24.6. The van der Waals surface area contributed by atoms with Crippen LogP contribution >= 0.6 is 8.60 Å². The molecule has 7 nitrogen and oxygen atoms in total. The van der Waals surface area contributed by atoms with Crippen LogP contribution in [0.4, 0.5) is 0 Å². The number of ether oxygens (including phenoxy) is 2. The predicted molar refractivity (Wildman–Crippen MR) is 156 cm³/mol. The van der Waals surface area contributed by atoms with E-state index < -0.39 is 20.7 Å². The van der Waals surface area contributed by atoms with Crippen molar-refractivity contribution in [3.8, 4) is 5.75 Å². The second-order valence-electron chi connectivity index (χ2n) is 10.5.